The van der Waals surface area contributed by atoms with Crippen molar-refractivity contribution in [3.05, 3.63) is 63.7 Å². The smallest absolute Gasteiger partial charge is 0.340 e. The maximum absolute atomic E-state index is 12.6. The standard InChI is InChI=1S/C21H20ClNO5/c1-28-17-11-15(19(21(26)27)18(24)12-17)9-13-5-7-23(8-6-13)20(25)14-3-2-4-16(22)10-14/h2-4,9-12,24H,5-8H2,1H3,(H,26,27). The third kappa shape index (κ3) is 4.28. The van der Waals surface area contributed by atoms with Crippen LogP contribution in [0.4, 0.5) is 0 Å². The lowest BCUT2D eigenvalue weighted by molar-refractivity contribution is 0.0692. The van der Waals surface area contributed by atoms with Crippen molar-refractivity contribution in [1.29, 1.82) is 0 Å². The SMILES string of the molecule is COc1cc(O)c(C(=O)O)c(C=C2CCN(C(=O)c3cccc(Cl)c3)CC2)c1. The zero-order chi connectivity index (χ0) is 20.3. The first-order chi connectivity index (χ1) is 13.4. The molecule has 1 amide bonds. The topological polar surface area (TPSA) is 87.1 Å². The number of likely N-dealkylation sites (tertiary alicyclic amines) is 1. The Morgan fingerprint density at radius 3 is 2.50 bits per heavy atom. The van der Waals surface area contributed by atoms with Crippen molar-refractivity contribution in [1.82, 2.24) is 4.90 Å². The fourth-order valence-electron chi connectivity index (χ4n) is 3.25. The maximum Gasteiger partial charge on any atom is 0.340 e. The molecule has 2 aromatic carbocycles. The van der Waals surface area contributed by atoms with E-state index in [9.17, 15) is 19.8 Å². The molecule has 6 nitrogen and oxygen atoms in total. The molecule has 0 radical (unpaired) electrons. The minimum atomic E-state index is -1.21. The van der Waals surface area contributed by atoms with E-state index in [0.717, 1.165) is 5.57 Å². The number of benzene rings is 2. The Morgan fingerprint density at radius 1 is 1.18 bits per heavy atom. The number of carboxylic acids is 1. The van der Waals surface area contributed by atoms with Gasteiger partial charge in [-0.2, -0.15) is 0 Å². The van der Waals surface area contributed by atoms with E-state index in [2.05, 4.69) is 0 Å². The number of amides is 1. The van der Waals surface area contributed by atoms with Crippen LogP contribution < -0.4 is 4.74 Å². The summed E-state index contributed by atoms with van der Waals surface area (Å²) in [6.45, 7) is 1.05. The molecule has 146 valence electrons. The molecule has 1 heterocycles. The first kappa shape index (κ1) is 19.8. The van der Waals surface area contributed by atoms with Gasteiger partial charge in [-0.25, -0.2) is 4.79 Å². The molecule has 0 saturated carbocycles. The number of hydrogen-bond acceptors (Lipinski definition) is 4. The van der Waals surface area contributed by atoms with Crippen molar-refractivity contribution >= 4 is 29.6 Å². The largest absolute Gasteiger partial charge is 0.507 e. The number of nitrogens with zero attached hydrogens (tertiary/aromatic N) is 1. The highest BCUT2D eigenvalue weighted by molar-refractivity contribution is 6.30. The van der Waals surface area contributed by atoms with Gasteiger partial charge in [0, 0.05) is 29.7 Å². The summed E-state index contributed by atoms with van der Waals surface area (Å²) >= 11 is 5.96. The van der Waals surface area contributed by atoms with Gasteiger partial charge in [-0.3, -0.25) is 4.79 Å². The van der Waals surface area contributed by atoms with Crippen LogP contribution in [0.5, 0.6) is 11.5 Å². The number of carbonyl (C=O) groups excluding carboxylic acids is 1. The zero-order valence-electron chi connectivity index (χ0n) is 15.3. The Kier molecular flexibility index (Phi) is 5.90. The molecule has 3 rings (SSSR count). The summed E-state index contributed by atoms with van der Waals surface area (Å²) in [6, 6.07) is 9.70. The molecule has 28 heavy (non-hydrogen) atoms. The van der Waals surface area contributed by atoms with Crippen LogP contribution in [-0.4, -0.2) is 47.2 Å². The van der Waals surface area contributed by atoms with Gasteiger partial charge in [0.2, 0.25) is 0 Å². The Balaban J connectivity index is 1.78. The van der Waals surface area contributed by atoms with E-state index in [1.165, 1.54) is 13.2 Å². The highest BCUT2D eigenvalue weighted by atomic mass is 35.5. The van der Waals surface area contributed by atoms with E-state index in [-0.39, 0.29) is 17.2 Å². The molecule has 0 bridgehead atoms. The van der Waals surface area contributed by atoms with Gasteiger partial charge in [0.05, 0.1) is 7.11 Å². The van der Waals surface area contributed by atoms with Crippen LogP contribution in [0.3, 0.4) is 0 Å². The summed E-state index contributed by atoms with van der Waals surface area (Å²) in [5.41, 5.74) is 1.77. The minimum absolute atomic E-state index is 0.0770. The Labute approximate surface area is 167 Å². The fourth-order valence-corrected chi connectivity index (χ4v) is 3.44. The molecule has 1 saturated heterocycles. The molecule has 0 spiro atoms. The fraction of sp³-hybridized carbons (Fsp3) is 0.238. The highest BCUT2D eigenvalue weighted by Gasteiger charge is 2.22. The summed E-state index contributed by atoms with van der Waals surface area (Å²) in [5.74, 6) is -1.25. The molecule has 7 heteroatoms. The molecule has 1 aliphatic rings. The van der Waals surface area contributed by atoms with Crippen molar-refractivity contribution in [2.45, 2.75) is 12.8 Å². The predicted octanol–water partition coefficient (Wildman–Crippen LogP) is 4.07. The lowest BCUT2D eigenvalue weighted by Crippen LogP contribution is -2.36. The number of carbonyl (C=O) groups is 2. The molecular formula is C21H20ClNO5. The zero-order valence-corrected chi connectivity index (χ0v) is 16.1. The van der Waals surface area contributed by atoms with E-state index >= 15 is 0 Å². The highest BCUT2D eigenvalue weighted by Crippen LogP contribution is 2.31. The number of halogens is 1. The van der Waals surface area contributed by atoms with Crippen LogP contribution in [0.25, 0.3) is 6.08 Å². The number of piperidine rings is 1. The minimum Gasteiger partial charge on any atom is -0.507 e. The summed E-state index contributed by atoms with van der Waals surface area (Å²) in [6.07, 6.45) is 2.99. The van der Waals surface area contributed by atoms with Crippen LogP contribution in [0.1, 0.15) is 39.1 Å². The van der Waals surface area contributed by atoms with Gasteiger partial charge >= 0.3 is 5.97 Å². The van der Waals surface area contributed by atoms with Gasteiger partial charge in [-0.05, 0) is 42.7 Å². The Morgan fingerprint density at radius 2 is 1.89 bits per heavy atom. The number of aromatic carboxylic acids is 1. The monoisotopic (exact) mass is 401 g/mol. The molecule has 2 N–H and O–H groups in total. The van der Waals surface area contributed by atoms with Gasteiger partial charge in [-0.1, -0.05) is 29.3 Å². The van der Waals surface area contributed by atoms with E-state index in [1.54, 1.807) is 41.3 Å². The summed E-state index contributed by atoms with van der Waals surface area (Å²) in [5, 5.41) is 19.9. The molecule has 2 aromatic rings. The Hall–Kier alpha value is -2.99. The maximum atomic E-state index is 12.6. The quantitative estimate of drug-likeness (QED) is 0.806. The van der Waals surface area contributed by atoms with Crippen molar-refractivity contribution < 1.29 is 24.5 Å². The second-order valence-electron chi connectivity index (χ2n) is 6.52. The average molecular weight is 402 g/mol. The van der Waals surface area contributed by atoms with E-state index in [4.69, 9.17) is 16.3 Å². The van der Waals surface area contributed by atoms with Gasteiger partial charge in [0.1, 0.15) is 17.1 Å². The molecule has 0 atom stereocenters. The predicted molar refractivity (Wildman–Crippen MR) is 106 cm³/mol. The van der Waals surface area contributed by atoms with Crippen LogP contribution >= 0.6 is 11.6 Å². The first-order valence-electron chi connectivity index (χ1n) is 8.77. The molecule has 1 aliphatic heterocycles. The van der Waals surface area contributed by atoms with Crippen molar-refractivity contribution in [2.24, 2.45) is 0 Å². The summed E-state index contributed by atoms with van der Waals surface area (Å²) < 4.78 is 5.12. The lowest BCUT2D eigenvalue weighted by atomic mass is 9.97. The van der Waals surface area contributed by atoms with Gasteiger partial charge < -0.3 is 19.8 Å². The summed E-state index contributed by atoms with van der Waals surface area (Å²) in [4.78, 5) is 25.9. The van der Waals surface area contributed by atoms with E-state index in [1.807, 2.05) is 0 Å². The third-order valence-electron chi connectivity index (χ3n) is 4.70. The number of rotatable bonds is 4. The van der Waals surface area contributed by atoms with Crippen LogP contribution in [0.15, 0.2) is 42.0 Å². The van der Waals surface area contributed by atoms with Gasteiger partial charge in [0.25, 0.3) is 5.91 Å². The molecule has 0 aliphatic carbocycles. The molecule has 1 fully saturated rings. The molecular weight excluding hydrogens is 382 g/mol. The van der Waals surface area contributed by atoms with Crippen molar-refractivity contribution in [3.8, 4) is 11.5 Å². The second kappa shape index (κ2) is 8.35. The van der Waals surface area contributed by atoms with E-state index < -0.39 is 5.97 Å². The third-order valence-corrected chi connectivity index (χ3v) is 4.93. The first-order valence-corrected chi connectivity index (χ1v) is 9.15. The van der Waals surface area contributed by atoms with Crippen molar-refractivity contribution in [3.63, 3.8) is 0 Å². The summed E-state index contributed by atoms with van der Waals surface area (Å²) in [7, 11) is 1.45. The molecule has 0 unspecified atom stereocenters. The van der Waals surface area contributed by atoms with E-state index in [0.29, 0.717) is 47.8 Å². The van der Waals surface area contributed by atoms with Gasteiger partial charge in [-0.15, -0.1) is 0 Å². The lowest BCUT2D eigenvalue weighted by Gasteiger charge is -2.28. The van der Waals surface area contributed by atoms with Crippen LogP contribution in [0, 0.1) is 0 Å². The number of hydrogen-bond donors (Lipinski definition) is 2. The molecule has 0 aromatic heterocycles. The second-order valence-corrected chi connectivity index (χ2v) is 6.96. The van der Waals surface area contributed by atoms with Crippen LogP contribution in [0.2, 0.25) is 5.02 Å². The number of phenols is 1. The van der Waals surface area contributed by atoms with Crippen LogP contribution in [-0.2, 0) is 0 Å². The number of methoxy groups -OCH3 is 1. The number of carboxylic acid groups (broad SMARTS) is 1. The van der Waals surface area contributed by atoms with Crippen molar-refractivity contribution in [2.75, 3.05) is 20.2 Å². The normalized spacial score (nSPS) is 13.9. The number of ether oxygens (including phenoxy) is 1. The van der Waals surface area contributed by atoms with Gasteiger partial charge in [0.15, 0.2) is 0 Å². The average Bonchev–Trinajstić information content (AvgIpc) is 2.67. The Bertz CT molecular complexity index is 944. The number of aromatic hydroxyl groups is 1.